The summed E-state index contributed by atoms with van der Waals surface area (Å²) in [6, 6.07) is 7.50. The summed E-state index contributed by atoms with van der Waals surface area (Å²) in [6.07, 6.45) is 2.06. The highest BCUT2D eigenvalue weighted by Crippen LogP contribution is 2.42. The lowest BCUT2D eigenvalue weighted by Crippen LogP contribution is -2.53. The lowest BCUT2D eigenvalue weighted by Gasteiger charge is -2.32. The van der Waals surface area contributed by atoms with E-state index in [-0.39, 0.29) is 17.9 Å². The second-order valence-electron chi connectivity index (χ2n) is 5.43. The largest absolute Gasteiger partial charge is 0.376 e. The van der Waals surface area contributed by atoms with E-state index in [4.69, 9.17) is 4.74 Å². The topological polar surface area (TPSA) is 67.4 Å². The molecule has 0 spiro atoms. The molecule has 2 amide bonds. The van der Waals surface area contributed by atoms with Gasteiger partial charge in [0.25, 0.3) is 0 Å². The van der Waals surface area contributed by atoms with Crippen LogP contribution in [0.5, 0.6) is 0 Å². The van der Waals surface area contributed by atoms with Gasteiger partial charge in [-0.15, -0.1) is 0 Å². The van der Waals surface area contributed by atoms with Crippen molar-refractivity contribution in [2.45, 2.75) is 35.5 Å². The zero-order chi connectivity index (χ0) is 14.9. The summed E-state index contributed by atoms with van der Waals surface area (Å²) in [5, 5.41) is 5.66. The second kappa shape index (κ2) is 5.69. The molecule has 1 fully saturated rings. The third kappa shape index (κ3) is 2.78. The van der Waals surface area contributed by atoms with Gasteiger partial charge in [0.05, 0.1) is 11.8 Å². The SMILES string of the molecule is C[C@@]1(C(=O)NC[C@@H]2CCCO2)Sc2ccccc2NC1=O. The van der Waals surface area contributed by atoms with E-state index in [9.17, 15) is 9.59 Å². The molecule has 2 aliphatic rings. The Balaban J connectivity index is 1.70. The van der Waals surface area contributed by atoms with Crippen LogP contribution in [0.3, 0.4) is 0 Å². The van der Waals surface area contributed by atoms with Crippen molar-refractivity contribution in [3.8, 4) is 0 Å². The molecule has 6 heteroatoms. The zero-order valence-corrected chi connectivity index (χ0v) is 12.7. The highest BCUT2D eigenvalue weighted by molar-refractivity contribution is 8.02. The van der Waals surface area contributed by atoms with Crippen LogP contribution in [0.2, 0.25) is 0 Å². The van der Waals surface area contributed by atoms with Gasteiger partial charge in [0, 0.05) is 18.0 Å². The summed E-state index contributed by atoms with van der Waals surface area (Å²) in [4.78, 5) is 25.6. The molecule has 2 heterocycles. The number of fused-ring (bicyclic) bond motifs is 1. The Kier molecular flexibility index (Phi) is 3.91. The fourth-order valence-corrected chi connectivity index (χ4v) is 3.62. The van der Waals surface area contributed by atoms with Crippen molar-refractivity contribution in [1.29, 1.82) is 0 Å². The highest BCUT2D eigenvalue weighted by atomic mass is 32.2. The van der Waals surface area contributed by atoms with Crippen molar-refractivity contribution in [1.82, 2.24) is 5.32 Å². The minimum Gasteiger partial charge on any atom is -0.376 e. The molecule has 0 unspecified atom stereocenters. The van der Waals surface area contributed by atoms with Crippen molar-refractivity contribution in [3.05, 3.63) is 24.3 Å². The molecule has 0 aromatic heterocycles. The minimum absolute atomic E-state index is 0.0708. The Morgan fingerprint density at radius 1 is 1.52 bits per heavy atom. The first kappa shape index (κ1) is 14.4. The Bertz CT molecular complexity index is 572. The molecular formula is C15H18N2O3S. The number of benzene rings is 1. The summed E-state index contributed by atoms with van der Waals surface area (Å²) >= 11 is 1.29. The number of anilines is 1. The van der Waals surface area contributed by atoms with E-state index in [1.165, 1.54) is 11.8 Å². The van der Waals surface area contributed by atoms with Crippen molar-refractivity contribution in [2.75, 3.05) is 18.5 Å². The number of carbonyl (C=O) groups excluding carboxylic acids is 2. The Morgan fingerprint density at radius 3 is 3.10 bits per heavy atom. The monoisotopic (exact) mass is 306 g/mol. The standard InChI is InChI=1S/C15H18N2O3S/c1-15(13(18)16-9-10-5-4-8-20-10)14(19)17-11-6-2-3-7-12(11)21-15/h2-3,6-7,10H,4-5,8-9H2,1H3,(H,16,18)(H,17,19)/t10-,15-/m0/s1. The van der Waals surface area contributed by atoms with Gasteiger partial charge in [-0.3, -0.25) is 9.59 Å². The number of para-hydroxylation sites is 1. The molecule has 112 valence electrons. The van der Waals surface area contributed by atoms with Crippen LogP contribution in [0.25, 0.3) is 0 Å². The first-order valence-electron chi connectivity index (χ1n) is 7.09. The van der Waals surface area contributed by atoms with Gasteiger partial charge in [0.1, 0.15) is 0 Å². The quantitative estimate of drug-likeness (QED) is 0.836. The number of thioether (sulfide) groups is 1. The third-order valence-corrected chi connectivity index (χ3v) is 5.19. The van der Waals surface area contributed by atoms with Crippen LogP contribution >= 0.6 is 11.8 Å². The van der Waals surface area contributed by atoms with E-state index in [1.807, 2.05) is 24.3 Å². The van der Waals surface area contributed by atoms with E-state index in [0.717, 1.165) is 30.0 Å². The smallest absolute Gasteiger partial charge is 0.250 e. The molecule has 21 heavy (non-hydrogen) atoms. The first-order valence-corrected chi connectivity index (χ1v) is 7.90. The van der Waals surface area contributed by atoms with E-state index in [1.54, 1.807) is 6.92 Å². The molecule has 3 rings (SSSR count). The summed E-state index contributed by atoms with van der Waals surface area (Å²) in [5.74, 6) is -0.550. The molecule has 1 saturated heterocycles. The predicted octanol–water partition coefficient (Wildman–Crippen LogP) is 1.78. The van der Waals surface area contributed by atoms with Gasteiger partial charge < -0.3 is 15.4 Å². The number of carbonyl (C=O) groups is 2. The van der Waals surface area contributed by atoms with Gasteiger partial charge in [-0.2, -0.15) is 0 Å². The highest BCUT2D eigenvalue weighted by Gasteiger charge is 2.45. The molecule has 1 aromatic rings. The predicted molar refractivity (Wildman–Crippen MR) is 81.3 cm³/mol. The average molecular weight is 306 g/mol. The van der Waals surface area contributed by atoms with Crippen LogP contribution in [-0.4, -0.2) is 35.8 Å². The van der Waals surface area contributed by atoms with E-state index >= 15 is 0 Å². The summed E-state index contributed by atoms with van der Waals surface area (Å²) in [5.41, 5.74) is 0.761. The summed E-state index contributed by atoms with van der Waals surface area (Å²) in [7, 11) is 0. The second-order valence-corrected chi connectivity index (χ2v) is 6.89. The first-order chi connectivity index (χ1) is 10.1. The molecule has 0 aliphatic carbocycles. The molecular weight excluding hydrogens is 288 g/mol. The normalized spacial score (nSPS) is 27.9. The third-order valence-electron chi connectivity index (χ3n) is 3.83. The maximum atomic E-state index is 12.4. The molecule has 2 atom stereocenters. The van der Waals surface area contributed by atoms with Gasteiger partial charge in [0.2, 0.25) is 11.8 Å². The van der Waals surface area contributed by atoms with Crippen LogP contribution < -0.4 is 10.6 Å². The van der Waals surface area contributed by atoms with Gasteiger partial charge >= 0.3 is 0 Å². The molecule has 0 saturated carbocycles. The summed E-state index contributed by atoms with van der Waals surface area (Å²) < 4.78 is 4.34. The van der Waals surface area contributed by atoms with E-state index < -0.39 is 4.75 Å². The van der Waals surface area contributed by atoms with Crippen molar-refractivity contribution < 1.29 is 14.3 Å². The zero-order valence-electron chi connectivity index (χ0n) is 11.8. The maximum absolute atomic E-state index is 12.4. The van der Waals surface area contributed by atoms with E-state index in [2.05, 4.69) is 10.6 Å². The fourth-order valence-electron chi connectivity index (χ4n) is 2.50. The van der Waals surface area contributed by atoms with Crippen molar-refractivity contribution in [2.24, 2.45) is 0 Å². The van der Waals surface area contributed by atoms with Gasteiger partial charge in [-0.1, -0.05) is 23.9 Å². The molecule has 0 bridgehead atoms. The Hall–Kier alpha value is -1.53. The van der Waals surface area contributed by atoms with Gasteiger partial charge in [-0.25, -0.2) is 0 Å². The summed E-state index contributed by atoms with van der Waals surface area (Å²) in [6.45, 7) is 2.87. The maximum Gasteiger partial charge on any atom is 0.250 e. The number of hydrogen-bond donors (Lipinski definition) is 2. The van der Waals surface area contributed by atoms with Crippen LogP contribution in [0, 0.1) is 0 Å². The fraction of sp³-hybridized carbons (Fsp3) is 0.467. The Labute approximate surface area is 127 Å². The molecule has 2 N–H and O–H groups in total. The minimum atomic E-state index is -1.15. The van der Waals surface area contributed by atoms with Crippen molar-refractivity contribution in [3.63, 3.8) is 0 Å². The number of ether oxygens (including phenoxy) is 1. The lowest BCUT2D eigenvalue weighted by molar-refractivity contribution is -0.130. The number of rotatable bonds is 3. The average Bonchev–Trinajstić information content (AvgIpc) is 2.99. The molecule has 5 nitrogen and oxygen atoms in total. The van der Waals surface area contributed by atoms with Crippen LogP contribution in [0.1, 0.15) is 19.8 Å². The number of hydrogen-bond acceptors (Lipinski definition) is 4. The van der Waals surface area contributed by atoms with Gasteiger partial charge in [0.15, 0.2) is 4.75 Å². The van der Waals surface area contributed by atoms with Crippen LogP contribution in [-0.2, 0) is 14.3 Å². The number of nitrogens with one attached hydrogen (secondary N) is 2. The van der Waals surface area contributed by atoms with Gasteiger partial charge in [-0.05, 0) is 31.9 Å². The van der Waals surface area contributed by atoms with Crippen LogP contribution in [0.15, 0.2) is 29.2 Å². The molecule has 0 radical (unpaired) electrons. The Morgan fingerprint density at radius 2 is 2.33 bits per heavy atom. The molecule has 1 aromatic carbocycles. The number of amides is 2. The van der Waals surface area contributed by atoms with E-state index in [0.29, 0.717) is 6.54 Å². The van der Waals surface area contributed by atoms with Crippen LogP contribution in [0.4, 0.5) is 5.69 Å². The lowest BCUT2D eigenvalue weighted by atomic mass is 10.1. The van der Waals surface area contributed by atoms with Crippen molar-refractivity contribution >= 4 is 29.3 Å². The molecule has 2 aliphatic heterocycles.